The molecule has 42 heavy (non-hydrogen) atoms. The van der Waals surface area contributed by atoms with Gasteiger partial charge in [0.15, 0.2) is 4.34 Å². The van der Waals surface area contributed by atoms with Gasteiger partial charge in [0, 0.05) is 36.3 Å². The lowest BCUT2D eigenvalue weighted by Gasteiger charge is -2.35. The molecule has 0 unspecified atom stereocenters. The van der Waals surface area contributed by atoms with Gasteiger partial charge in [0.05, 0.1) is 36.9 Å². The van der Waals surface area contributed by atoms with E-state index >= 15 is 0 Å². The van der Waals surface area contributed by atoms with Gasteiger partial charge in [0.1, 0.15) is 4.90 Å². The number of nitro groups is 2. The van der Waals surface area contributed by atoms with E-state index in [0.717, 1.165) is 16.3 Å². The minimum Gasteiger partial charge on any atom is -0.277 e. The molecule has 3 aromatic carbocycles. The van der Waals surface area contributed by atoms with Crippen LogP contribution in [0.3, 0.4) is 0 Å². The number of nitrogens with one attached hydrogen (secondary N) is 1. The number of hydrogen-bond acceptors (Lipinski definition) is 11. The van der Waals surface area contributed by atoms with Crippen molar-refractivity contribution in [1.29, 1.82) is 0 Å². The maximum absolute atomic E-state index is 13.6. The number of rotatable bonds is 9. The van der Waals surface area contributed by atoms with E-state index in [0.29, 0.717) is 40.1 Å². The number of benzene rings is 3. The van der Waals surface area contributed by atoms with Crippen LogP contribution in [0, 0.1) is 26.1 Å². The van der Waals surface area contributed by atoms with Crippen LogP contribution >= 0.6 is 23.1 Å². The van der Waals surface area contributed by atoms with Crippen LogP contribution in [-0.2, 0) is 10.0 Å². The van der Waals surface area contributed by atoms with Crippen molar-refractivity contribution >= 4 is 66.6 Å². The van der Waals surface area contributed by atoms with Gasteiger partial charge in [-0.15, -0.1) is 11.3 Å². The third kappa shape index (κ3) is 6.28. The van der Waals surface area contributed by atoms with E-state index in [2.05, 4.69) is 22.4 Å². The van der Waals surface area contributed by atoms with Crippen LogP contribution < -0.4 is 5.43 Å². The molecule has 1 aliphatic heterocycles. The van der Waals surface area contributed by atoms with E-state index in [1.807, 2.05) is 31.2 Å². The number of fused-ring (bicyclic) bond motifs is 1. The van der Waals surface area contributed by atoms with Gasteiger partial charge in [0.2, 0.25) is 10.0 Å². The number of piperidine rings is 1. The largest absolute Gasteiger partial charge is 0.283 e. The molecule has 0 bridgehead atoms. The van der Waals surface area contributed by atoms with Gasteiger partial charge in [-0.1, -0.05) is 36.9 Å². The third-order valence-corrected chi connectivity index (χ3v) is 11.1. The molecule has 1 aromatic heterocycles. The number of thiazole rings is 1. The summed E-state index contributed by atoms with van der Waals surface area (Å²) in [5.41, 5.74) is 3.45. The minimum atomic E-state index is -4.08. The summed E-state index contributed by atoms with van der Waals surface area (Å²) in [5.74, 6) is 0.369. The molecule has 0 aliphatic carbocycles. The number of anilines is 1. The highest BCUT2D eigenvalue weighted by Crippen LogP contribution is 2.39. The summed E-state index contributed by atoms with van der Waals surface area (Å²) in [6.07, 6.45) is 2.69. The molecule has 15 heteroatoms. The van der Waals surface area contributed by atoms with Crippen LogP contribution in [0.2, 0.25) is 0 Å². The van der Waals surface area contributed by atoms with Crippen molar-refractivity contribution in [1.82, 2.24) is 9.29 Å². The average molecular weight is 627 g/mol. The van der Waals surface area contributed by atoms with Gasteiger partial charge in [-0.05, 0) is 49.9 Å². The van der Waals surface area contributed by atoms with Crippen LogP contribution in [0.5, 0.6) is 0 Å². The minimum absolute atomic E-state index is 0.0557. The van der Waals surface area contributed by atoms with Crippen molar-refractivity contribution in [2.24, 2.45) is 11.0 Å². The lowest BCUT2D eigenvalue weighted by atomic mass is 9.95. The molecule has 12 nitrogen and oxygen atoms in total. The summed E-state index contributed by atoms with van der Waals surface area (Å²) in [7, 11) is -4.08. The highest BCUT2D eigenvalue weighted by Gasteiger charge is 2.35. The summed E-state index contributed by atoms with van der Waals surface area (Å²) in [5, 5.41) is 27.4. The maximum Gasteiger partial charge on any atom is 0.283 e. The van der Waals surface area contributed by atoms with Gasteiger partial charge in [0.25, 0.3) is 11.4 Å². The number of sulfonamides is 1. The highest BCUT2D eigenvalue weighted by molar-refractivity contribution is 8.01. The van der Waals surface area contributed by atoms with Gasteiger partial charge in [-0.25, -0.2) is 13.4 Å². The van der Waals surface area contributed by atoms with E-state index < -0.39 is 19.9 Å². The first-order chi connectivity index (χ1) is 20.0. The molecule has 0 amide bonds. The van der Waals surface area contributed by atoms with Gasteiger partial charge < -0.3 is 0 Å². The predicted octanol–water partition coefficient (Wildman–Crippen LogP) is 6.52. The number of aromatic nitrogens is 1. The second kappa shape index (κ2) is 12.1. The molecule has 1 N–H and O–H groups in total. The summed E-state index contributed by atoms with van der Waals surface area (Å²) in [4.78, 5) is 26.8. The van der Waals surface area contributed by atoms with Gasteiger partial charge in [-0.3, -0.25) is 25.7 Å². The maximum atomic E-state index is 13.6. The molecule has 1 saturated heterocycles. The second-order valence-corrected chi connectivity index (χ2v) is 14.1. The fourth-order valence-corrected chi connectivity index (χ4v) is 8.74. The molecular weight excluding hydrogens is 601 g/mol. The molecule has 1 aliphatic rings. The predicted molar refractivity (Wildman–Crippen MR) is 163 cm³/mol. The Morgan fingerprint density at radius 2 is 1.88 bits per heavy atom. The fraction of sp³-hybridized carbons (Fsp3) is 0.259. The molecule has 1 fully saturated rings. The smallest absolute Gasteiger partial charge is 0.277 e. The van der Waals surface area contributed by atoms with E-state index in [4.69, 9.17) is 0 Å². The summed E-state index contributed by atoms with van der Waals surface area (Å²) >= 11 is 2.64. The Morgan fingerprint density at radius 1 is 1.10 bits per heavy atom. The molecule has 2 heterocycles. The Bertz CT molecular complexity index is 1780. The second-order valence-electron chi connectivity index (χ2n) is 9.94. The molecule has 2 atom stereocenters. The number of hydrogen-bond donors (Lipinski definition) is 1. The van der Waals surface area contributed by atoms with Gasteiger partial charge >= 0.3 is 0 Å². The number of hydrazone groups is 1. The number of nitrogens with zero attached hydrogens (tertiary/aromatic N) is 5. The zero-order valence-electron chi connectivity index (χ0n) is 22.5. The quantitative estimate of drug-likeness (QED) is 0.124. The first kappa shape index (κ1) is 29.6. The van der Waals surface area contributed by atoms with Crippen molar-refractivity contribution in [3.8, 4) is 0 Å². The number of nitro benzene ring substituents is 2. The summed E-state index contributed by atoms with van der Waals surface area (Å²) in [6.45, 7) is 4.19. The zero-order valence-corrected chi connectivity index (χ0v) is 25.0. The van der Waals surface area contributed by atoms with Crippen molar-refractivity contribution in [3.05, 3.63) is 86.5 Å². The highest BCUT2D eigenvalue weighted by atomic mass is 32.2. The Kier molecular flexibility index (Phi) is 8.54. The molecule has 0 radical (unpaired) electrons. The fourth-order valence-electron chi connectivity index (χ4n) is 4.81. The Labute approximate surface area is 249 Å². The molecule has 4 aromatic rings. The lowest BCUT2D eigenvalue weighted by molar-refractivity contribution is -0.387. The third-order valence-electron chi connectivity index (χ3n) is 6.89. The molecule has 0 spiro atoms. The Morgan fingerprint density at radius 3 is 2.60 bits per heavy atom. The van der Waals surface area contributed by atoms with Crippen LogP contribution in [0.1, 0.15) is 32.3 Å². The van der Waals surface area contributed by atoms with Crippen molar-refractivity contribution in [3.63, 3.8) is 0 Å². The zero-order chi connectivity index (χ0) is 30.0. The van der Waals surface area contributed by atoms with Crippen molar-refractivity contribution < 1.29 is 18.3 Å². The molecular formula is C27H26N6O6S3. The number of non-ortho nitro benzene ring substituents is 1. The van der Waals surface area contributed by atoms with E-state index in [9.17, 15) is 28.6 Å². The molecule has 218 valence electrons. The van der Waals surface area contributed by atoms with Crippen LogP contribution in [0.4, 0.5) is 17.1 Å². The SMILES string of the molecule is C[C@@H]1CCN(S(=O)(=O)c2cc([N+](=O)[O-])ccc2N/N=C\c2ccc(Sc3nc4ccccc4s3)c([N+](=O)[O-])c2)[C@@H](C)C1. The lowest BCUT2D eigenvalue weighted by Crippen LogP contribution is -2.44. The first-order valence-corrected chi connectivity index (χ1v) is 16.0. The number of para-hydroxylation sites is 1. The Balaban J connectivity index is 1.40. The molecule has 5 rings (SSSR count). The Hall–Kier alpha value is -3.92. The first-order valence-electron chi connectivity index (χ1n) is 12.9. The van der Waals surface area contributed by atoms with Crippen molar-refractivity contribution in [2.75, 3.05) is 12.0 Å². The van der Waals surface area contributed by atoms with E-state index in [1.165, 1.54) is 51.8 Å². The molecule has 0 saturated carbocycles. The summed E-state index contributed by atoms with van der Waals surface area (Å²) in [6, 6.07) is 15.5. The topological polar surface area (TPSA) is 161 Å². The monoisotopic (exact) mass is 626 g/mol. The van der Waals surface area contributed by atoms with Crippen LogP contribution in [0.15, 0.2) is 79.9 Å². The van der Waals surface area contributed by atoms with Crippen LogP contribution in [0.25, 0.3) is 10.2 Å². The van der Waals surface area contributed by atoms with Crippen LogP contribution in [-0.4, -0.2) is 46.4 Å². The standard InChI is InChI=1S/C27H26N6O6S3/c1-17-11-12-31(18(2)13-17)42(38,39)26-15-20(32(34)35)8-9-22(26)30-28-16-19-7-10-25(23(14-19)33(36)37)41-27-29-21-5-3-4-6-24(21)40-27/h3-10,14-18,30H,11-13H2,1-2H3/b28-16-/t17-,18+/m1/s1. The van der Waals surface area contributed by atoms with Gasteiger partial charge in [-0.2, -0.15) is 9.41 Å². The average Bonchev–Trinajstić information content (AvgIpc) is 3.36. The summed E-state index contributed by atoms with van der Waals surface area (Å²) < 4.78 is 30.3. The van der Waals surface area contributed by atoms with E-state index in [1.54, 1.807) is 12.1 Å². The van der Waals surface area contributed by atoms with Crippen molar-refractivity contribution in [2.45, 2.75) is 46.9 Å². The normalized spacial score (nSPS) is 18.0. The van der Waals surface area contributed by atoms with E-state index in [-0.39, 0.29) is 28.0 Å².